The highest BCUT2D eigenvalue weighted by atomic mass is 32.2. The van der Waals surface area contributed by atoms with Gasteiger partial charge in [-0.1, -0.05) is 13.8 Å². The third-order valence-corrected chi connectivity index (χ3v) is 5.57. The number of rotatable bonds is 7. The summed E-state index contributed by atoms with van der Waals surface area (Å²) in [4.78, 5) is 0.628. The molecule has 0 aliphatic carbocycles. The first kappa shape index (κ1) is 15.6. The Hall–Kier alpha value is -0.470. The molecule has 0 saturated carbocycles. The summed E-state index contributed by atoms with van der Waals surface area (Å²) in [5.74, 6) is 0.136. The van der Waals surface area contributed by atoms with E-state index >= 15 is 0 Å². The fourth-order valence-electron chi connectivity index (χ4n) is 1.39. The number of methoxy groups -OCH3 is 1. The van der Waals surface area contributed by atoms with Crippen LogP contribution >= 0.6 is 11.3 Å². The molecule has 1 aromatic heterocycles. The normalized spacial score (nSPS) is 14.1. The van der Waals surface area contributed by atoms with Crippen LogP contribution in [0, 0.1) is 5.92 Å². The van der Waals surface area contributed by atoms with E-state index in [-0.39, 0.29) is 22.8 Å². The Bertz CT molecular complexity index is 467. The molecule has 0 aliphatic heterocycles. The summed E-state index contributed by atoms with van der Waals surface area (Å²) in [6.07, 6.45) is 0. The lowest BCUT2D eigenvalue weighted by Crippen LogP contribution is -2.41. The van der Waals surface area contributed by atoms with Crippen LogP contribution in [0.4, 0.5) is 0 Å². The molecule has 18 heavy (non-hydrogen) atoms. The predicted molar refractivity (Wildman–Crippen MR) is 71.1 cm³/mol. The molecule has 2 N–H and O–H groups in total. The molecular formula is C11H19NO4S2. The van der Waals surface area contributed by atoms with Gasteiger partial charge in [0, 0.05) is 18.0 Å². The van der Waals surface area contributed by atoms with Crippen LogP contribution in [-0.4, -0.2) is 33.3 Å². The molecule has 1 unspecified atom stereocenters. The van der Waals surface area contributed by atoms with E-state index in [1.807, 2.05) is 13.8 Å². The number of hydrogen-bond donors (Lipinski definition) is 2. The Kier molecular flexibility index (Phi) is 5.74. The van der Waals surface area contributed by atoms with E-state index in [4.69, 9.17) is 9.84 Å². The van der Waals surface area contributed by atoms with Gasteiger partial charge in [0.15, 0.2) is 0 Å². The van der Waals surface area contributed by atoms with Crippen molar-refractivity contribution in [1.82, 2.24) is 4.72 Å². The van der Waals surface area contributed by atoms with Gasteiger partial charge >= 0.3 is 0 Å². The van der Waals surface area contributed by atoms with E-state index in [2.05, 4.69) is 4.72 Å². The molecule has 1 atom stereocenters. The molecule has 0 aliphatic rings. The van der Waals surface area contributed by atoms with Crippen molar-refractivity contribution in [1.29, 1.82) is 0 Å². The summed E-state index contributed by atoms with van der Waals surface area (Å²) in [6.45, 7) is 4.04. The molecule has 7 heteroatoms. The zero-order valence-corrected chi connectivity index (χ0v) is 12.3. The fourth-order valence-corrected chi connectivity index (χ4v) is 3.99. The average molecular weight is 293 g/mol. The van der Waals surface area contributed by atoms with E-state index in [1.165, 1.54) is 6.07 Å². The molecule has 0 radical (unpaired) electrons. The number of hydrogen-bond acceptors (Lipinski definition) is 5. The number of aliphatic hydroxyl groups is 1. The molecule has 1 heterocycles. The minimum Gasteiger partial charge on any atom is -0.391 e. The highest BCUT2D eigenvalue weighted by molar-refractivity contribution is 7.91. The fraction of sp³-hybridized carbons (Fsp3) is 0.636. The Morgan fingerprint density at radius 3 is 2.56 bits per heavy atom. The molecule has 0 bridgehead atoms. The van der Waals surface area contributed by atoms with Crippen LogP contribution in [0.5, 0.6) is 0 Å². The molecule has 1 rings (SSSR count). The Morgan fingerprint density at radius 2 is 2.11 bits per heavy atom. The first-order valence-electron chi connectivity index (χ1n) is 5.61. The third-order valence-electron chi connectivity index (χ3n) is 2.52. The first-order chi connectivity index (χ1) is 8.40. The minimum absolute atomic E-state index is 0.136. The zero-order chi connectivity index (χ0) is 13.8. The lowest BCUT2D eigenvalue weighted by atomic mass is 10.1. The van der Waals surface area contributed by atoms with Crippen LogP contribution in [0.25, 0.3) is 0 Å². The van der Waals surface area contributed by atoms with Gasteiger partial charge in [-0.25, -0.2) is 13.1 Å². The Labute approximate surface area is 112 Å². The van der Waals surface area contributed by atoms with E-state index in [0.717, 1.165) is 11.3 Å². The second kappa shape index (κ2) is 6.63. The van der Waals surface area contributed by atoms with Crippen molar-refractivity contribution in [2.45, 2.75) is 30.7 Å². The molecule has 5 nitrogen and oxygen atoms in total. The second-order valence-electron chi connectivity index (χ2n) is 4.31. The van der Waals surface area contributed by atoms with Crippen molar-refractivity contribution in [2.75, 3.05) is 13.7 Å². The summed E-state index contributed by atoms with van der Waals surface area (Å²) in [7, 11) is -2.00. The number of ether oxygens (including phenoxy) is 1. The summed E-state index contributed by atoms with van der Waals surface area (Å²) < 4.78 is 32.1. The van der Waals surface area contributed by atoms with Crippen LogP contribution in [0.1, 0.15) is 18.7 Å². The lowest BCUT2D eigenvalue weighted by Gasteiger charge is -2.20. The van der Waals surface area contributed by atoms with Crippen molar-refractivity contribution in [3.63, 3.8) is 0 Å². The minimum atomic E-state index is -3.54. The average Bonchev–Trinajstić information content (AvgIpc) is 2.77. The predicted octanol–water partition coefficient (Wildman–Crippen LogP) is 1.19. The van der Waals surface area contributed by atoms with Crippen molar-refractivity contribution in [3.05, 3.63) is 17.0 Å². The maximum absolute atomic E-state index is 12.1. The third kappa shape index (κ3) is 4.03. The summed E-state index contributed by atoms with van der Waals surface area (Å²) in [6, 6.07) is 2.85. The van der Waals surface area contributed by atoms with E-state index in [9.17, 15) is 8.42 Å². The molecule has 0 saturated heterocycles. The molecular weight excluding hydrogens is 274 g/mol. The second-order valence-corrected chi connectivity index (χ2v) is 7.42. The van der Waals surface area contributed by atoms with Crippen LogP contribution in [0.15, 0.2) is 16.3 Å². The monoisotopic (exact) mass is 293 g/mol. The highest BCUT2D eigenvalue weighted by Crippen LogP contribution is 2.22. The van der Waals surface area contributed by atoms with Crippen LogP contribution in [0.3, 0.4) is 0 Å². The van der Waals surface area contributed by atoms with Gasteiger partial charge < -0.3 is 9.84 Å². The largest absolute Gasteiger partial charge is 0.391 e. The number of aliphatic hydroxyl groups excluding tert-OH is 1. The van der Waals surface area contributed by atoms with Gasteiger partial charge in [0.1, 0.15) is 4.21 Å². The van der Waals surface area contributed by atoms with E-state index in [0.29, 0.717) is 11.5 Å². The van der Waals surface area contributed by atoms with Crippen LogP contribution in [-0.2, 0) is 21.4 Å². The van der Waals surface area contributed by atoms with Crippen molar-refractivity contribution in [2.24, 2.45) is 5.92 Å². The van der Waals surface area contributed by atoms with Gasteiger partial charge in [-0.05, 0) is 18.1 Å². The van der Waals surface area contributed by atoms with E-state index < -0.39 is 10.0 Å². The number of thiophene rings is 1. The molecule has 0 spiro atoms. The number of nitrogens with one attached hydrogen (secondary N) is 1. The van der Waals surface area contributed by atoms with Gasteiger partial charge in [-0.2, -0.15) is 0 Å². The first-order valence-corrected chi connectivity index (χ1v) is 7.91. The zero-order valence-electron chi connectivity index (χ0n) is 10.7. The van der Waals surface area contributed by atoms with E-state index in [1.54, 1.807) is 13.2 Å². The SMILES string of the molecule is COCC(NS(=O)(=O)c1ccc(CO)s1)C(C)C. The van der Waals surface area contributed by atoms with Gasteiger partial charge in [0.05, 0.1) is 13.2 Å². The molecule has 0 fully saturated rings. The smallest absolute Gasteiger partial charge is 0.250 e. The summed E-state index contributed by atoms with van der Waals surface area (Å²) in [5.41, 5.74) is 0. The quantitative estimate of drug-likeness (QED) is 0.792. The Balaban J connectivity index is 2.86. The maximum Gasteiger partial charge on any atom is 0.250 e. The van der Waals surface area contributed by atoms with Gasteiger partial charge in [-0.15, -0.1) is 11.3 Å². The van der Waals surface area contributed by atoms with Gasteiger partial charge in [0.2, 0.25) is 10.0 Å². The maximum atomic E-state index is 12.1. The molecule has 104 valence electrons. The molecule has 0 aromatic carbocycles. The van der Waals surface area contributed by atoms with Crippen molar-refractivity contribution < 1.29 is 18.3 Å². The molecule has 1 aromatic rings. The standard InChI is InChI=1S/C11H19NO4S2/c1-8(2)10(7-16-3)12-18(14,15)11-5-4-9(6-13)17-11/h4-5,8,10,12-13H,6-7H2,1-3H3. The van der Waals surface area contributed by atoms with Crippen LogP contribution < -0.4 is 4.72 Å². The van der Waals surface area contributed by atoms with Gasteiger partial charge in [-0.3, -0.25) is 0 Å². The van der Waals surface area contributed by atoms with Crippen LogP contribution in [0.2, 0.25) is 0 Å². The molecule has 0 amide bonds. The van der Waals surface area contributed by atoms with Gasteiger partial charge in [0.25, 0.3) is 0 Å². The number of sulfonamides is 1. The summed E-state index contributed by atoms with van der Waals surface area (Å²) >= 11 is 1.07. The Morgan fingerprint density at radius 1 is 1.44 bits per heavy atom. The summed E-state index contributed by atoms with van der Waals surface area (Å²) in [5, 5.41) is 8.95. The highest BCUT2D eigenvalue weighted by Gasteiger charge is 2.23. The topological polar surface area (TPSA) is 75.6 Å². The lowest BCUT2D eigenvalue weighted by molar-refractivity contribution is 0.157. The van der Waals surface area contributed by atoms with Crippen molar-refractivity contribution >= 4 is 21.4 Å². The van der Waals surface area contributed by atoms with Crippen molar-refractivity contribution in [3.8, 4) is 0 Å².